The van der Waals surface area contributed by atoms with Crippen molar-refractivity contribution in [3.05, 3.63) is 34.1 Å². The molecule has 0 aliphatic carbocycles. The van der Waals surface area contributed by atoms with Crippen LogP contribution in [0.5, 0.6) is 0 Å². The van der Waals surface area contributed by atoms with E-state index < -0.39 is 17.3 Å². The number of hydrogen-bond donors (Lipinski definition) is 2. The zero-order valence-corrected chi connectivity index (χ0v) is 12.2. The van der Waals surface area contributed by atoms with Crippen molar-refractivity contribution >= 4 is 21.8 Å². The summed E-state index contributed by atoms with van der Waals surface area (Å²) in [6, 6.07) is 4.33. The zero-order chi connectivity index (χ0) is 13.9. The first kappa shape index (κ1) is 15.1. The fourth-order valence-corrected chi connectivity index (χ4v) is 1.79. The smallest absolute Gasteiger partial charge is 0.255 e. The molecule has 0 saturated heterocycles. The summed E-state index contributed by atoms with van der Waals surface area (Å²) in [4.78, 5) is 11.9. The largest absolute Gasteiger partial charge is 0.388 e. The van der Waals surface area contributed by atoms with E-state index in [0.717, 1.165) is 0 Å². The second-order valence-electron chi connectivity index (χ2n) is 4.79. The summed E-state index contributed by atoms with van der Waals surface area (Å²) in [6.07, 6.45) is 0. The third-order valence-corrected chi connectivity index (χ3v) is 3.70. The third-order valence-electron chi connectivity index (χ3n) is 3.04. The van der Waals surface area contributed by atoms with Gasteiger partial charge in [0.25, 0.3) is 5.91 Å². The van der Waals surface area contributed by atoms with E-state index in [2.05, 4.69) is 21.2 Å². The standard InChI is InChI=1S/C13H17BrFNO2/c1-8(2)13(3,18)7-16-12(17)11-9(14)5-4-6-10(11)15/h4-6,8,18H,7H2,1-3H3,(H,16,17). The Morgan fingerprint density at radius 2 is 2.17 bits per heavy atom. The van der Waals surface area contributed by atoms with Gasteiger partial charge in [-0.2, -0.15) is 0 Å². The lowest BCUT2D eigenvalue weighted by Crippen LogP contribution is -2.44. The molecular formula is C13H17BrFNO2. The highest BCUT2D eigenvalue weighted by Gasteiger charge is 2.26. The van der Waals surface area contributed by atoms with Crippen molar-refractivity contribution in [2.45, 2.75) is 26.4 Å². The molecule has 1 aromatic carbocycles. The molecule has 1 unspecified atom stereocenters. The first-order valence-electron chi connectivity index (χ1n) is 5.70. The molecule has 5 heteroatoms. The van der Waals surface area contributed by atoms with Crippen LogP contribution in [0.2, 0.25) is 0 Å². The number of nitrogens with one attached hydrogen (secondary N) is 1. The van der Waals surface area contributed by atoms with Gasteiger partial charge in [-0.1, -0.05) is 19.9 Å². The number of rotatable bonds is 4. The molecular weight excluding hydrogens is 301 g/mol. The van der Waals surface area contributed by atoms with Crippen molar-refractivity contribution < 1.29 is 14.3 Å². The molecule has 100 valence electrons. The van der Waals surface area contributed by atoms with Gasteiger partial charge >= 0.3 is 0 Å². The van der Waals surface area contributed by atoms with Gasteiger partial charge in [0, 0.05) is 11.0 Å². The average Bonchev–Trinajstić information content (AvgIpc) is 2.26. The Morgan fingerprint density at radius 3 is 2.67 bits per heavy atom. The van der Waals surface area contributed by atoms with E-state index in [4.69, 9.17) is 0 Å². The van der Waals surface area contributed by atoms with Crippen LogP contribution < -0.4 is 5.32 Å². The molecule has 0 spiro atoms. The van der Waals surface area contributed by atoms with Crippen molar-refractivity contribution in [2.75, 3.05) is 6.54 Å². The van der Waals surface area contributed by atoms with E-state index in [0.29, 0.717) is 4.47 Å². The number of aliphatic hydroxyl groups is 1. The fraction of sp³-hybridized carbons (Fsp3) is 0.462. The minimum atomic E-state index is -1.02. The molecule has 3 nitrogen and oxygen atoms in total. The topological polar surface area (TPSA) is 49.3 Å². The SMILES string of the molecule is CC(C)C(C)(O)CNC(=O)c1c(F)cccc1Br. The summed E-state index contributed by atoms with van der Waals surface area (Å²) in [6.45, 7) is 5.41. The van der Waals surface area contributed by atoms with E-state index in [1.165, 1.54) is 12.1 Å². The maximum atomic E-state index is 13.5. The zero-order valence-electron chi connectivity index (χ0n) is 10.6. The molecule has 0 saturated carbocycles. The number of carbonyl (C=O) groups excluding carboxylic acids is 1. The van der Waals surface area contributed by atoms with Gasteiger partial charge in [-0.05, 0) is 40.9 Å². The molecule has 0 radical (unpaired) electrons. The number of halogens is 2. The van der Waals surface area contributed by atoms with Gasteiger partial charge in [0.2, 0.25) is 0 Å². The van der Waals surface area contributed by atoms with Crippen LogP contribution in [0.25, 0.3) is 0 Å². The molecule has 0 fully saturated rings. The van der Waals surface area contributed by atoms with Crippen molar-refractivity contribution in [3.8, 4) is 0 Å². The highest BCUT2D eigenvalue weighted by molar-refractivity contribution is 9.10. The summed E-state index contributed by atoms with van der Waals surface area (Å²) in [5, 5.41) is 12.5. The summed E-state index contributed by atoms with van der Waals surface area (Å²) in [5.41, 5.74) is -1.06. The monoisotopic (exact) mass is 317 g/mol. The number of hydrogen-bond acceptors (Lipinski definition) is 2. The fourth-order valence-electron chi connectivity index (χ4n) is 1.27. The Kier molecular flexibility index (Phi) is 4.87. The maximum Gasteiger partial charge on any atom is 0.255 e. The van der Waals surface area contributed by atoms with Crippen LogP contribution in [0.15, 0.2) is 22.7 Å². The van der Waals surface area contributed by atoms with Crippen LogP contribution in [-0.2, 0) is 0 Å². The molecule has 1 aromatic rings. The summed E-state index contributed by atoms with van der Waals surface area (Å²) >= 11 is 3.13. The van der Waals surface area contributed by atoms with E-state index in [1.807, 2.05) is 13.8 Å². The predicted octanol–water partition coefficient (Wildman–Crippen LogP) is 2.73. The Hall–Kier alpha value is -0.940. The number of benzene rings is 1. The van der Waals surface area contributed by atoms with E-state index >= 15 is 0 Å². The van der Waals surface area contributed by atoms with Crippen LogP contribution >= 0.6 is 15.9 Å². The van der Waals surface area contributed by atoms with Gasteiger partial charge < -0.3 is 10.4 Å². The molecule has 18 heavy (non-hydrogen) atoms. The molecule has 0 aliphatic rings. The third kappa shape index (κ3) is 3.53. The summed E-state index contributed by atoms with van der Waals surface area (Å²) in [5.74, 6) is -1.14. The lowest BCUT2D eigenvalue weighted by Gasteiger charge is -2.27. The maximum absolute atomic E-state index is 13.5. The Labute approximate surface area is 115 Å². The summed E-state index contributed by atoms with van der Waals surface area (Å²) in [7, 11) is 0. The average molecular weight is 318 g/mol. The van der Waals surface area contributed by atoms with Crippen LogP contribution in [-0.4, -0.2) is 23.2 Å². The van der Waals surface area contributed by atoms with Crippen molar-refractivity contribution in [2.24, 2.45) is 5.92 Å². The van der Waals surface area contributed by atoms with Crippen molar-refractivity contribution in [1.82, 2.24) is 5.32 Å². The molecule has 0 bridgehead atoms. The quantitative estimate of drug-likeness (QED) is 0.897. The van der Waals surface area contributed by atoms with Gasteiger partial charge in [-0.3, -0.25) is 4.79 Å². The normalized spacial score (nSPS) is 14.4. The van der Waals surface area contributed by atoms with Crippen molar-refractivity contribution in [1.29, 1.82) is 0 Å². The molecule has 1 amide bonds. The first-order chi connectivity index (χ1) is 8.25. The van der Waals surface area contributed by atoms with Crippen LogP contribution in [0, 0.1) is 11.7 Å². The van der Waals surface area contributed by atoms with Gasteiger partial charge in [-0.15, -0.1) is 0 Å². The minimum Gasteiger partial charge on any atom is -0.388 e. The van der Waals surface area contributed by atoms with E-state index in [1.54, 1.807) is 13.0 Å². The predicted molar refractivity (Wildman–Crippen MR) is 71.9 cm³/mol. The Bertz CT molecular complexity index is 426. The van der Waals surface area contributed by atoms with Gasteiger partial charge in [-0.25, -0.2) is 4.39 Å². The highest BCUT2D eigenvalue weighted by Crippen LogP contribution is 2.20. The lowest BCUT2D eigenvalue weighted by molar-refractivity contribution is 0.0142. The van der Waals surface area contributed by atoms with E-state index in [-0.39, 0.29) is 18.0 Å². The number of amides is 1. The van der Waals surface area contributed by atoms with Crippen LogP contribution in [0.3, 0.4) is 0 Å². The molecule has 2 N–H and O–H groups in total. The second kappa shape index (κ2) is 5.80. The highest BCUT2D eigenvalue weighted by atomic mass is 79.9. The van der Waals surface area contributed by atoms with E-state index in [9.17, 15) is 14.3 Å². The summed E-state index contributed by atoms with van der Waals surface area (Å²) < 4.78 is 13.9. The number of carbonyl (C=O) groups is 1. The molecule has 1 atom stereocenters. The Morgan fingerprint density at radius 1 is 1.56 bits per heavy atom. The molecule has 0 aliphatic heterocycles. The van der Waals surface area contributed by atoms with Gasteiger partial charge in [0.15, 0.2) is 0 Å². The van der Waals surface area contributed by atoms with Crippen LogP contribution in [0.1, 0.15) is 31.1 Å². The molecule has 1 rings (SSSR count). The van der Waals surface area contributed by atoms with Crippen LogP contribution in [0.4, 0.5) is 4.39 Å². The molecule has 0 aromatic heterocycles. The molecule has 0 heterocycles. The van der Waals surface area contributed by atoms with Gasteiger partial charge in [0.1, 0.15) is 5.82 Å². The Balaban J connectivity index is 2.79. The minimum absolute atomic E-state index is 0.0122. The first-order valence-corrected chi connectivity index (χ1v) is 6.49. The van der Waals surface area contributed by atoms with Gasteiger partial charge in [0.05, 0.1) is 11.2 Å². The lowest BCUT2D eigenvalue weighted by atomic mass is 9.92. The second-order valence-corrected chi connectivity index (χ2v) is 5.65. The van der Waals surface area contributed by atoms with Crippen molar-refractivity contribution in [3.63, 3.8) is 0 Å².